The number of ether oxygens (including phenoxy) is 1. The zero-order valence-corrected chi connectivity index (χ0v) is 13.7. The predicted molar refractivity (Wildman–Crippen MR) is 86.3 cm³/mol. The van der Waals surface area contributed by atoms with Gasteiger partial charge >= 0.3 is 0 Å². The first-order valence-corrected chi connectivity index (χ1v) is 7.97. The predicted octanol–water partition coefficient (Wildman–Crippen LogP) is 5.10. The molecule has 0 heterocycles. The van der Waals surface area contributed by atoms with Gasteiger partial charge in [0.15, 0.2) is 11.6 Å². The number of rotatable bonds is 4. The van der Waals surface area contributed by atoms with Crippen molar-refractivity contribution in [3.8, 4) is 5.75 Å². The summed E-state index contributed by atoms with van der Waals surface area (Å²) in [7, 11) is 1.50. The highest BCUT2D eigenvalue weighted by molar-refractivity contribution is 5.48. The molecule has 1 N–H and O–H groups in total. The third-order valence-corrected chi connectivity index (χ3v) is 4.82. The van der Waals surface area contributed by atoms with Gasteiger partial charge in [-0.25, -0.2) is 4.39 Å². The molecule has 1 aliphatic rings. The van der Waals surface area contributed by atoms with Gasteiger partial charge in [-0.2, -0.15) is 0 Å². The zero-order valence-electron chi connectivity index (χ0n) is 13.7. The highest BCUT2D eigenvalue weighted by atomic mass is 19.1. The van der Waals surface area contributed by atoms with E-state index in [1.54, 1.807) is 12.1 Å². The van der Waals surface area contributed by atoms with Crippen LogP contribution in [0.3, 0.4) is 0 Å². The standard InChI is InChI=1S/C18H28FNO/c1-18(2,3)14-7-5-13(6-8-14)12-20-15-9-10-16(19)17(11-15)21-4/h9-11,13-14,20H,5-8,12H2,1-4H3. The Bertz CT molecular complexity index is 459. The summed E-state index contributed by atoms with van der Waals surface area (Å²) in [6.45, 7) is 8.01. The molecule has 1 aliphatic carbocycles. The number of nitrogens with one attached hydrogen (secondary N) is 1. The van der Waals surface area contributed by atoms with Gasteiger partial charge in [-0.15, -0.1) is 0 Å². The summed E-state index contributed by atoms with van der Waals surface area (Å²) in [5, 5.41) is 3.42. The molecule has 0 bridgehead atoms. The largest absolute Gasteiger partial charge is 0.494 e. The molecule has 118 valence electrons. The number of anilines is 1. The van der Waals surface area contributed by atoms with Gasteiger partial charge in [-0.05, 0) is 55.1 Å². The van der Waals surface area contributed by atoms with Gasteiger partial charge in [0, 0.05) is 18.3 Å². The third-order valence-electron chi connectivity index (χ3n) is 4.82. The summed E-state index contributed by atoms with van der Waals surface area (Å²) in [4.78, 5) is 0. The van der Waals surface area contributed by atoms with E-state index in [1.165, 1.54) is 38.9 Å². The van der Waals surface area contributed by atoms with E-state index < -0.39 is 0 Å². The summed E-state index contributed by atoms with van der Waals surface area (Å²) in [5.41, 5.74) is 1.37. The highest BCUT2D eigenvalue weighted by Crippen LogP contribution is 2.39. The fourth-order valence-electron chi connectivity index (χ4n) is 3.26. The first-order chi connectivity index (χ1) is 9.90. The monoisotopic (exact) mass is 293 g/mol. The summed E-state index contributed by atoms with van der Waals surface area (Å²) in [6.07, 6.45) is 5.21. The molecule has 0 aromatic heterocycles. The lowest BCUT2D eigenvalue weighted by Crippen LogP contribution is -2.28. The van der Waals surface area contributed by atoms with Crippen LogP contribution < -0.4 is 10.1 Å². The van der Waals surface area contributed by atoms with Crippen LogP contribution >= 0.6 is 0 Å². The number of methoxy groups -OCH3 is 1. The Morgan fingerprint density at radius 3 is 2.43 bits per heavy atom. The van der Waals surface area contributed by atoms with Crippen LogP contribution in [-0.2, 0) is 0 Å². The van der Waals surface area contributed by atoms with Crippen molar-refractivity contribution in [1.29, 1.82) is 0 Å². The van der Waals surface area contributed by atoms with Crippen molar-refractivity contribution in [3.63, 3.8) is 0 Å². The lowest BCUT2D eigenvalue weighted by molar-refractivity contribution is 0.153. The molecule has 0 spiro atoms. The second-order valence-corrected chi connectivity index (χ2v) is 7.31. The minimum atomic E-state index is -0.311. The maximum Gasteiger partial charge on any atom is 0.165 e. The lowest BCUT2D eigenvalue weighted by Gasteiger charge is -2.37. The molecule has 0 radical (unpaired) electrons. The molecule has 3 heteroatoms. The minimum Gasteiger partial charge on any atom is -0.494 e. The SMILES string of the molecule is COc1cc(NCC2CCC(C(C)(C)C)CC2)ccc1F. The van der Waals surface area contributed by atoms with Crippen molar-refractivity contribution in [1.82, 2.24) is 0 Å². The van der Waals surface area contributed by atoms with Crippen LogP contribution in [0.25, 0.3) is 0 Å². The average molecular weight is 293 g/mol. The average Bonchev–Trinajstić information content (AvgIpc) is 2.46. The molecule has 0 amide bonds. The molecule has 0 atom stereocenters. The van der Waals surface area contributed by atoms with Crippen molar-refractivity contribution in [2.45, 2.75) is 46.5 Å². The Kier molecular flexibility index (Phi) is 5.13. The van der Waals surface area contributed by atoms with E-state index in [0.29, 0.717) is 11.2 Å². The fraction of sp³-hybridized carbons (Fsp3) is 0.667. The van der Waals surface area contributed by atoms with E-state index in [0.717, 1.165) is 24.1 Å². The first kappa shape index (κ1) is 16.1. The van der Waals surface area contributed by atoms with E-state index in [1.807, 2.05) is 0 Å². The van der Waals surface area contributed by atoms with Crippen molar-refractivity contribution >= 4 is 5.69 Å². The molecule has 1 aromatic rings. The van der Waals surface area contributed by atoms with Crippen LogP contribution in [0.5, 0.6) is 5.75 Å². The van der Waals surface area contributed by atoms with Crippen LogP contribution in [0, 0.1) is 23.1 Å². The molecule has 21 heavy (non-hydrogen) atoms. The molecule has 1 saturated carbocycles. The van der Waals surface area contributed by atoms with Crippen LogP contribution in [0.15, 0.2) is 18.2 Å². The molecule has 0 saturated heterocycles. The van der Waals surface area contributed by atoms with Crippen molar-refractivity contribution in [2.24, 2.45) is 17.3 Å². The fourth-order valence-corrected chi connectivity index (χ4v) is 3.26. The summed E-state index contributed by atoms with van der Waals surface area (Å²) >= 11 is 0. The van der Waals surface area contributed by atoms with Gasteiger partial charge in [-0.3, -0.25) is 0 Å². The number of benzene rings is 1. The summed E-state index contributed by atoms with van der Waals surface area (Å²) < 4.78 is 18.4. The van der Waals surface area contributed by atoms with Gasteiger partial charge in [0.25, 0.3) is 0 Å². The van der Waals surface area contributed by atoms with E-state index in [2.05, 4.69) is 26.1 Å². The maximum atomic E-state index is 13.4. The molecule has 1 aromatic carbocycles. The van der Waals surface area contributed by atoms with Crippen molar-refractivity contribution in [2.75, 3.05) is 19.0 Å². The Morgan fingerprint density at radius 1 is 1.19 bits per heavy atom. The number of halogens is 1. The minimum absolute atomic E-state index is 0.302. The van der Waals surface area contributed by atoms with Crippen LogP contribution in [-0.4, -0.2) is 13.7 Å². The first-order valence-electron chi connectivity index (χ1n) is 7.97. The summed E-state index contributed by atoms with van der Waals surface area (Å²) in [6, 6.07) is 4.96. The number of hydrogen-bond acceptors (Lipinski definition) is 2. The van der Waals surface area contributed by atoms with E-state index in [-0.39, 0.29) is 5.82 Å². The molecule has 2 rings (SSSR count). The zero-order chi connectivity index (χ0) is 15.5. The highest BCUT2D eigenvalue weighted by Gasteiger charge is 2.29. The smallest absolute Gasteiger partial charge is 0.165 e. The normalized spacial score (nSPS) is 22.9. The van der Waals surface area contributed by atoms with Crippen LogP contribution in [0.4, 0.5) is 10.1 Å². The van der Waals surface area contributed by atoms with Gasteiger partial charge in [0.05, 0.1) is 7.11 Å². The number of hydrogen-bond donors (Lipinski definition) is 1. The second kappa shape index (κ2) is 6.67. The maximum absolute atomic E-state index is 13.4. The van der Waals surface area contributed by atoms with E-state index in [4.69, 9.17) is 4.74 Å². The summed E-state index contributed by atoms with van der Waals surface area (Å²) in [5.74, 6) is 1.56. The Labute approximate surface area is 128 Å². The van der Waals surface area contributed by atoms with Crippen LogP contribution in [0.1, 0.15) is 46.5 Å². The van der Waals surface area contributed by atoms with Gasteiger partial charge in [0.1, 0.15) is 0 Å². The van der Waals surface area contributed by atoms with Crippen LogP contribution in [0.2, 0.25) is 0 Å². The molecule has 0 aliphatic heterocycles. The van der Waals surface area contributed by atoms with Gasteiger partial charge < -0.3 is 10.1 Å². The molecule has 0 unspecified atom stereocenters. The molecular formula is C18H28FNO. The van der Waals surface area contributed by atoms with Crippen molar-refractivity contribution < 1.29 is 9.13 Å². The van der Waals surface area contributed by atoms with E-state index in [9.17, 15) is 4.39 Å². The molecule has 2 nitrogen and oxygen atoms in total. The topological polar surface area (TPSA) is 21.3 Å². The Hall–Kier alpha value is -1.25. The lowest BCUT2D eigenvalue weighted by atomic mass is 9.70. The Morgan fingerprint density at radius 2 is 1.86 bits per heavy atom. The van der Waals surface area contributed by atoms with Crippen molar-refractivity contribution in [3.05, 3.63) is 24.0 Å². The molecule has 1 fully saturated rings. The second-order valence-electron chi connectivity index (χ2n) is 7.31. The molecular weight excluding hydrogens is 265 g/mol. The van der Waals surface area contributed by atoms with Gasteiger partial charge in [0.2, 0.25) is 0 Å². The quantitative estimate of drug-likeness (QED) is 0.834. The van der Waals surface area contributed by atoms with Gasteiger partial charge in [-0.1, -0.05) is 20.8 Å². The van der Waals surface area contributed by atoms with E-state index >= 15 is 0 Å². The Balaban J connectivity index is 1.82. The third kappa shape index (κ3) is 4.36.